The lowest BCUT2D eigenvalue weighted by Crippen LogP contribution is -1.77. The number of unbranched alkanes of at least 4 members (excludes halogenated alkanes) is 5. The summed E-state index contributed by atoms with van der Waals surface area (Å²) >= 11 is 0. The molecule has 12 heavy (non-hydrogen) atoms. The number of hydrogen-bond acceptors (Lipinski definition) is 1. The maximum atomic E-state index is 8.49. The topological polar surface area (TPSA) is 20.2 Å². The van der Waals surface area contributed by atoms with Crippen LogP contribution in [0.5, 0.6) is 0 Å². The van der Waals surface area contributed by atoms with Crippen molar-refractivity contribution in [1.82, 2.24) is 0 Å². The molecule has 0 aliphatic carbocycles. The lowest BCUT2D eigenvalue weighted by Gasteiger charge is -1.95. The van der Waals surface area contributed by atoms with E-state index in [-0.39, 0.29) is 6.61 Å². The molecule has 1 heteroatoms. The van der Waals surface area contributed by atoms with Crippen LogP contribution in [0.1, 0.15) is 51.9 Å². The summed E-state index contributed by atoms with van der Waals surface area (Å²) in [6.07, 6.45) is 13.0. The number of aliphatic hydroxyl groups is 1. The number of allylic oxidation sites excluding steroid dienone is 1. The third-order valence-corrected chi connectivity index (χ3v) is 1.94. The van der Waals surface area contributed by atoms with Gasteiger partial charge in [0.05, 0.1) is 0 Å². The van der Waals surface area contributed by atoms with Crippen LogP contribution in [0, 0.1) is 0 Å². The first-order valence-corrected chi connectivity index (χ1v) is 5.17. The van der Waals surface area contributed by atoms with Gasteiger partial charge in [0, 0.05) is 6.61 Å². The van der Waals surface area contributed by atoms with Crippen LogP contribution in [0.4, 0.5) is 0 Å². The molecule has 0 aromatic heterocycles. The first-order valence-electron chi connectivity index (χ1n) is 5.17. The molecule has 0 bridgehead atoms. The highest BCUT2D eigenvalue weighted by Gasteiger charge is 1.85. The minimum absolute atomic E-state index is 0.284. The summed E-state index contributed by atoms with van der Waals surface area (Å²) in [6, 6.07) is 0. The van der Waals surface area contributed by atoms with E-state index >= 15 is 0 Å². The van der Waals surface area contributed by atoms with Gasteiger partial charge in [0.1, 0.15) is 0 Å². The molecule has 0 amide bonds. The van der Waals surface area contributed by atoms with Crippen LogP contribution < -0.4 is 0 Å². The fraction of sp³-hybridized carbons (Fsp3) is 0.818. The van der Waals surface area contributed by atoms with E-state index < -0.39 is 0 Å². The molecule has 0 heterocycles. The Labute approximate surface area is 76.5 Å². The summed E-state index contributed by atoms with van der Waals surface area (Å²) < 4.78 is 0. The van der Waals surface area contributed by atoms with Crippen molar-refractivity contribution < 1.29 is 5.11 Å². The molecule has 0 aromatic rings. The highest BCUT2D eigenvalue weighted by atomic mass is 16.2. The van der Waals surface area contributed by atoms with E-state index in [9.17, 15) is 0 Å². The van der Waals surface area contributed by atoms with Crippen molar-refractivity contribution in [2.75, 3.05) is 6.61 Å². The SMILES string of the molecule is CCCCCCC/C=C\CCO. The first kappa shape index (κ1) is 11.7. The van der Waals surface area contributed by atoms with E-state index in [4.69, 9.17) is 5.11 Å². The monoisotopic (exact) mass is 170 g/mol. The van der Waals surface area contributed by atoms with Gasteiger partial charge >= 0.3 is 0 Å². The zero-order valence-corrected chi connectivity index (χ0v) is 8.26. The molecule has 0 atom stereocenters. The van der Waals surface area contributed by atoms with Gasteiger partial charge in [0.2, 0.25) is 0 Å². The van der Waals surface area contributed by atoms with Crippen LogP contribution in [0.15, 0.2) is 12.2 Å². The Kier molecular flexibility index (Phi) is 10.4. The molecule has 0 saturated carbocycles. The minimum Gasteiger partial charge on any atom is -0.396 e. The maximum Gasteiger partial charge on any atom is 0.0465 e. The Morgan fingerprint density at radius 2 is 1.58 bits per heavy atom. The third-order valence-electron chi connectivity index (χ3n) is 1.94. The number of rotatable bonds is 8. The van der Waals surface area contributed by atoms with Crippen molar-refractivity contribution in [3.8, 4) is 0 Å². The summed E-state index contributed by atoms with van der Waals surface area (Å²) in [5.74, 6) is 0. The summed E-state index contributed by atoms with van der Waals surface area (Å²) in [5, 5.41) is 8.49. The molecule has 1 nitrogen and oxygen atoms in total. The lowest BCUT2D eigenvalue weighted by molar-refractivity contribution is 0.302. The summed E-state index contributed by atoms with van der Waals surface area (Å²) in [4.78, 5) is 0. The zero-order chi connectivity index (χ0) is 9.07. The zero-order valence-electron chi connectivity index (χ0n) is 8.26. The molecule has 0 saturated heterocycles. The van der Waals surface area contributed by atoms with E-state index in [2.05, 4.69) is 19.1 Å². The van der Waals surface area contributed by atoms with Crippen LogP contribution in [-0.2, 0) is 0 Å². The molecule has 0 aromatic carbocycles. The van der Waals surface area contributed by atoms with Gasteiger partial charge in [0.15, 0.2) is 0 Å². The summed E-state index contributed by atoms with van der Waals surface area (Å²) in [5.41, 5.74) is 0. The van der Waals surface area contributed by atoms with Crippen LogP contribution in [0.25, 0.3) is 0 Å². The predicted octanol–water partition coefficient (Wildman–Crippen LogP) is 3.29. The normalized spacial score (nSPS) is 11.2. The highest BCUT2D eigenvalue weighted by Crippen LogP contribution is 2.05. The van der Waals surface area contributed by atoms with Gasteiger partial charge in [-0.25, -0.2) is 0 Å². The largest absolute Gasteiger partial charge is 0.396 e. The first-order chi connectivity index (χ1) is 5.91. The quantitative estimate of drug-likeness (QED) is 0.438. The second-order valence-corrected chi connectivity index (χ2v) is 3.19. The van der Waals surface area contributed by atoms with E-state index in [0.717, 1.165) is 6.42 Å². The van der Waals surface area contributed by atoms with Crippen LogP contribution in [0.2, 0.25) is 0 Å². The Morgan fingerprint density at radius 1 is 0.917 bits per heavy atom. The fourth-order valence-corrected chi connectivity index (χ4v) is 1.18. The van der Waals surface area contributed by atoms with E-state index in [1.807, 2.05) is 0 Å². The van der Waals surface area contributed by atoms with Crippen molar-refractivity contribution in [2.45, 2.75) is 51.9 Å². The minimum atomic E-state index is 0.284. The third kappa shape index (κ3) is 9.70. The number of hydrogen-bond donors (Lipinski definition) is 1. The molecule has 0 rings (SSSR count). The molecule has 0 radical (unpaired) electrons. The van der Waals surface area contributed by atoms with E-state index in [1.165, 1.54) is 38.5 Å². The highest BCUT2D eigenvalue weighted by molar-refractivity contribution is 4.80. The standard InChI is InChI=1S/C11H22O/c1-2-3-4-5-6-7-8-9-10-11-12/h8-9,12H,2-7,10-11H2,1H3/b9-8-. The Hall–Kier alpha value is -0.300. The Bertz CT molecular complexity index is 97.2. The molecule has 0 spiro atoms. The van der Waals surface area contributed by atoms with Gasteiger partial charge in [-0.05, 0) is 19.3 Å². The van der Waals surface area contributed by atoms with Crippen molar-refractivity contribution in [3.05, 3.63) is 12.2 Å². The van der Waals surface area contributed by atoms with E-state index in [0.29, 0.717) is 0 Å². The molecule has 0 unspecified atom stereocenters. The van der Waals surface area contributed by atoms with Gasteiger partial charge in [-0.15, -0.1) is 0 Å². The number of aliphatic hydroxyl groups excluding tert-OH is 1. The molecule has 1 N–H and O–H groups in total. The van der Waals surface area contributed by atoms with Gasteiger partial charge < -0.3 is 5.11 Å². The molecule has 0 aliphatic heterocycles. The van der Waals surface area contributed by atoms with Gasteiger partial charge in [-0.2, -0.15) is 0 Å². The van der Waals surface area contributed by atoms with Gasteiger partial charge in [-0.3, -0.25) is 0 Å². The van der Waals surface area contributed by atoms with Crippen molar-refractivity contribution in [3.63, 3.8) is 0 Å². The van der Waals surface area contributed by atoms with Crippen LogP contribution in [-0.4, -0.2) is 11.7 Å². The predicted molar refractivity (Wildman–Crippen MR) is 54.2 cm³/mol. The fourth-order valence-electron chi connectivity index (χ4n) is 1.18. The molecular formula is C11H22O. The average molecular weight is 170 g/mol. The van der Waals surface area contributed by atoms with E-state index in [1.54, 1.807) is 0 Å². The van der Waals surface area contributed by atoms with Crippen LogP contribution in [0.3, 0.4) is 0 Å². The molecule has 72 valence electrons. The summed E-state index contributed by atoms with van der Waals surface area (Å²) in [7, 11) is 0. The van der Waals surface area contributed by atoms with Crippen molar-refractivity contribution in [2.24, 2.45) is 0 Å². The smallest absolute Gasteiger partial charge is 0.0465 e. The molecular weight excluding hydrogens is 148 g/mol. The lowest BCUT2D eigenvalue weighted by atomic mass is 10.1. The summed E-state index contributed by atoms with van der Waals surface area (Å²) in [6.45, 7) is 2.52. The van der Waals surface area contributed by atoms with Crippen molar-refractivity contribution >= 4 is 0 Å². The molecule has 0 aliphatic rings. The maximum absolute atomic E-state index is 8.49. The average Bonchev–Trinajstić information content (AvgIpc) is 2.10. The molecule has 0 fully saturated rings. The second-order valence-electron chi connectivity index (χ2n) is 3.19. The Morgan fingerprint density at radius 3 is 2.25 bits per heavy atom. The van der Waals surface area contributed by atoms with Crippen LogP contribution >= 0.6 is 0 Å². The second kappa shape index (κ2) is 10.7. The van der Waals surface area contributed by atoms with Gasteiger partial charge in [0.25, 0.3) is 0 Å². The Balaban J connectivity index is 2.90. The van der Waals surface area contributed by atoms with Crippen molar-refractivity contribution in [1.29, 1.82) is 0 Å². The van der Waals surface area contributed by atoms with Gasteiger partial charge in [-0.1, -0.05) is 44.8 Å².